The highest BCUT2D eigenvalue weighted by Crippen LogP contribution is 2.34. The number of ether oxygens (including phenoxy) is 2. The number of aromatic nitrogens is 1. The third-order valence-electron chi connectivity index (χ3n) is 4.27. The predicted molar refractivity (Wildman–Crippen MR) is 103 cm³/mol. The number of thiazole rings is 1. The monoisotopic (exact) mass is 373 g/mol. The van der Waals surface area contributed by atoms with E-state index < -0.39 is 0 Å². The number of nitrogens with zero attached hydrogens (tertiary/aromatic N) is 1. The molecule has 0 spiro atoms. The molecule has 26 heavy (non-hydrogen) atoms. The van der Waals surface area contributed by atoms with Gasteiger partial charge in [-0.25, -0.2) is 4.98 Å². The van der Waals surface area contributed by atoms with Crippen molar-refractivity contribution in [1.82, 2.24) is 15.6 Å². The van der Waals surface area contributed by atoms with Crippen LogP contribution >= 0.6 is 11.3 Å². The lowest BCUT2D eigenvalue weighted by molar-refractivity contribution is 0.0960. The molecule has 1 aliphatic rings. The maximum Gasteiger partial charge on any atom is 0.263 e. The molecule has 0 aliphatic carbocycles. The topological polar surface area (TPSA) is 72.5 Å². The SMILES string of the molecule is COc1ccc(-c2nc(C)c(C(=O)NCC3=CCNCC3)s2)cc1OC. The average Bonchev–Trinajstić information content (AvgIpc) is 3.08. The smallest absolute Gasteiger partial charge is 0.263 e. The van der Waals surface area contributed by atoms with Crippen LogP contribution in [0.1, 0.15) is 21.8 Å². The van der Waals surface area contributed by atoms with Crippen molar-refractivity contribution in [3.63, 3.8) is 0 Å². The number of carbonyl (C=O) groups is 1. The van der Waals surface area contributed by atoms with E-state index in [1.807, 2.05) is 25.1 Å². The number of methoxy groups -OCH3 is 2. The van der Waals surface area contributed by atoms with Crippen LogP contribution in [0.2, 0.25) is 0 Å². The van der Waals surface area contributed by atoms with E-state index in [1.165, 1.54) is 16.9 Å². The number of nitrogens with one attached hydrogen (secondary N) is 2. The van der Waals surface area contributed by atoms with Crippen LogP contribution in [0.15, 0.2) is 29.8 Å². The van der Waals surface area contributed by atoms with Crippen LogP contribution in [-0.4, -0.2) is 44.7 Å². The zero-order chi connectivity index (χ0) is 18.5. The van der Waals surface area contributed by atoms with Gasteiger partial charge in [0.2, 0.25) is 0 Å². The second-order valence-electron chi connectivity index (χ2n) is 6.00. The van der Waals surface area contributed by atoms with Crippen molar-refractivity contribution in [3.8, 4) is 22.1 Å². The van der Waals surface area contributed by atoms with Gasteiger partial charge in [0.15, 0.2) is 11.5 Å². The maximum absolute atomic E-state index is 12.5. The zero-order valence-electron chi connectivity index (χ0n) is 15.2. The van der Waals surface area contributed by atoms with Gasteiger partial charge in [-0.3, -0.25) is 4.79 Å². The molecule has 1 aliphatic heterocycles. The van der Waals surface area contributed by atoms with E-state index in [4.69, 9.17) is 9.47 Å². The van der Waals surface area contributed by atoms with Crippen LogP contribution < -0.4 is 20.1 Å². The third kappa shape index (κ3) is 4.05. The number of aryl methyl sites for hydroxylation is 1. The molecule has 0 saturated carbocycles. The maximum atomic E-state index is 12.5. The van der Waals surface area contributed by atoms with E-state index in [1.54, 1.807) is 14.2 Å². The highest BCUT2D eigenvalue weighted by atomic mass is 32.1. The average molecular weight is 373 g/mol. The predicted octanol–water partition coefficient (Wildman–Crippen LogP) is 2.79. The molecule has 2 heterocycles. The summed E-state index contributed by atoms with van der Waals surface area (Å²) in [6, 6.07) is 5.63. The highest BCUT2D eigenvalue weighted by Gasteiger charge is 2.17. The summed E-state index contributed by atoms with van der Waals surface area (Å²) in [5, 5.41) is 7.06. The van der Waals surface area contributed by atoms with Crippen LogP contribution in [0.5, 0.6) is 11.5 Å². The van der Waals surface area contributed by atoms with E-state index in [-0.39, 0.29) is 5.91 Å². The van der Waals surface area contributed by atoms with Gasteiger partial charge in [-0.2, -0.15) is 0 Å². The number of amides is 1. The summed E-state index contributed by atoms with van der Waals surface area (Å²) in [4.78, 5) is 17.8. The van der Waals surface area contributed by atoms with Gasteiger partial charge in [-0.1, -0.05) is 11.6 Å². The molecule has 1 aromatic carbocycles. The second-order valence-corrected chi connectivity index (χ2v) is 7.00. The van der Waals surface area contributed by atoms with Crippen LogP contribution in [0.3, 0.4) is 0 Å². The normalized spacial score (nSPS) is 13.9. The minimum Gasteiger partial charge on any atom is -0.493 e. The quantitative estimate of drug-likeness (QED) is 0.762. The van der Waals surface area contributed by atoms with Crippen molar-refractivity contribution in [2.24, 2.45) is 0 Å². The Morgan fingerprint density at radius 3 is 2.81 bits per heavy atom. The van der Waals surface area contributed by atoms with Crippen molar-refractivity contribution in [1.29, 1.82) is 0 Å². The Morgan fingerprint density at radius 2 is 2.12 bits per heavy atom. The van der Waals surface area contributed by atoms with E-state index in [0.29, 0.717) is 22.9 Å². The molecule has 6 nitrogen and oxygen atoms in total. The van der Waals surface area contributed by atoms with Crippen LogP contribution in [0, 0.1) is 6.92 Å². The summed E-state index contributed by atoms with van der Waals surface area (Å²) in [7, 11) is 3.20. The molecule has 0 unspecified atom stereocenters. The summed E-state index contributed by atoms with van der Waals surface area (Å²) in [5.74, 6) is 1.23. The number of hydrogen-bond acceptors (Lipinski definition) is 6. The molecular weight excluding hydrogens is 350 g/mol. The molecule has 0 saturated heterocycles. The number of benzene rings is 1. The standard InChI is InChI=1S/C19H23N3O3S/c1-12-17(18(23)21-11-13-6-8-20-9-7-13)26-19(22-12)14-4-5-15(24-2)16(10-14)25-3/h4-6,10,20H,7-9,11H2,1-3H3,(H,21,23). The minimum absolute atomic E-state index is 0.0776. The van der Waals surface area contributed by atoms with Crippen molar-refractivity contribution in [2.75, 3.05) is 33.9 Å². The first-order valence-corrected chi connectivity index (χ1v) is 9.30. The molecule has 1 aromatic heterocycles. The Hall–Kier alpha value is -2.38. The van der Waals surface area contributed by atoms with E-state index in [2.05, 4.69) is 21.7 Å². The fourth-order valence-corrected chi connectivity index (χ4v) is 3.78. The van der Waals surface area contributed by atoms with Gasteiger partial charge in [-0.15, -0.1) is 11.3 Å². The molecule has 3 rings (SSSR count). The Bertz CT molecular complexity index is 829. The summed E-state index contributed by atoms with van der Waals surface area (Å²) in [6.07, 6.45) is 3.11. The van der Waals surface area contributed by atoms with Crippen molar-refractivity contribution < 1.29 is 14.3 Å². The fourth-order valence-electron chi connectivity index (χ4n) is 2.80. The molecule has 0 radical (unpaired) electrons. The van der Waals surface area contributed by atoms with Crippen molar-refractivity contribution >= 4 is 17.2 Å². The molecule has 7 heteroatoms. The van der Waals surface area contributed by atoms with Crippen molar-refractivity contribution in [3.05, 3.63) is 40.4 Å². The van der Waals surface area contributed by atoms with E-state index >= 15 is 0 Å². The van der Waals surface area contributed by atoms with Gasteiger partial charge < -0.3 is 20.1 Å². The van der Waals surface area contributed by atoms with Crippen LogP contribution in [-0.2, 0) is 0 Å². The van der Waals surface area contributed by atoms with Gasteiger partial charge in [0.05, 0.1) is 19.9 Å². The Balaban J connectivity index is 1.76. The second kappa shape index (κ2) is 8.33. The van der Waals surface area contributed by atoms with Gasteiger partial charge in [0, 0.05) is 18.7 Å². The number of rotatable bonds is 6. The Kier molecular flexibility index (Phi) is 5.90. The van der Waals surface area contributed by atoms with Gasteiger partial charge in [-0.05, 0) is 38.1 Å². The largest absolute Gasteiger partial charge is 0.493 e. The lowest BCUT2D eigenvalue weighted by atomic mass is 10.1. The molecule has 138 valence electrons. The molecule has 0 atom stereocenters. The zero-order valence-corrected chi connectivity index (χ0v) is 16.0. The van der Waals surface area contributed by atoms with Gasteiger partial charge in [0.25, 0.3) is 5.91 Å². The summed E-state index contributed by atoms with van der Waals surface area (Å²) >= 11 is 1.39. The molecule has 0 fully saturated rings. The molecule has 1 amide bonds. The lowest BCUT2D eigenvalue weighted by Gasteiger charge is -2.14. The molecular formula is C19H23N3O3S. The van der Waals surface area contributed by atoms with Crippen LogP contribution in [0.25, 0.3) is 10.6 Å². The number of carbonyl (C=O) groups excluding carboxylic acids is 1. The molecule has 2 N–H and O–H groups in total. The minimum atomic E-state index is -0.0776. The lowest BCUT2D eigenvalue weighted by Crippen LogP contribution is -2.29. The third-order valence-corrected chi connectivity index (χ3v) is 5.47. The Labute approximate surface area is 157 Å². The first kappa shape index (κ1) is 18.4. The van der Waals surface area contributed by atoms with E-state index in [0.717, 1.165) is 35.8 Å². The first-order chi connectivity index (χ1) is 12.6. The molecule has 2 aromatic rings. The van der Waals surface area contributed by atoms with Gasteiger partial charge in [0.1, 0.15) is 9.88 Å². The van der Waals surface area contributed by atoms with E-state index in [9.17, 15) is 4.79 Å². The molecule has 0 bridgehead atoms. The number of hydrogen-bond donors (Lipinski definition) is 2. The Morgan fingerprint density at radius 1 is 1.31 bits per heavy atom. The summed E-state index contributed by atoms with van der Waals surface area (Å²) in [5.41, 5.74) is 2.90. The summed E-state index contributed by atoms with van der Waals surface area (Å²) in [6.45, 7) is 4.28. The van der Waals surface area contributed by atoms with Crippen molar-refractivity contribution in [2.45, 2.75) is 13.3 Å². The van der Waals surface area contributed by atoms with Crippen LogP contribution in [0.4, 0.5) is 0 Å². The highest BCUT2D eigenvalue weighted by molar-refractivity contribution is 7.17. The summed E-state index contributed by atoms with van der Waals surface area (Å²) < 4.78 is 10.6. The van der Waals surface area contributed by atoms with Gasteiger partial charge >= 0.3 is 0 Å². The first-order valence-electron chi connectivity index (χ1n) is 8.49. The fraction of sp³-hybridized carbons (Fsp3) is 0.368.